The molecule has 2 rings (SSSR count). The van der Waals surface area contributed by atoms with Crippen LogP contribution in [0.4, 0.5) is 11.4 Å². The number of hydrogen-bond acceptors (Lipinski definition) is 1. The molecule has 0 atom stereocenters. The molecule has 2 aromatic carbocycles. The largest absolute Gasteiger partial charge is 0.355 e. The van der Waals surface area contributed by atoms with Crippen LogP contribution in [0.1, 0.15) is 18.1 Å². The van der Waals surface area contributed by atoms with E-state index in [1.165, 1.54) is 16.8 Å². The number of anilines is 2. The molecule has 0 saturated carbocycles. The highest BCUT2D eigenvalue weighted by molar-refractivity contribution is 5.63. The molecule has 0 amide bonds. The molecule has 0 aliphatic heterocycles. The molecule has 0 saturated heterocycles. The van der Waals surface area contributed by atoms with Crippen LogP contribution in [0.25, 0.3) is 0 Å². The number of rotatable bonds is 3. The molecule has 0 aromatic heterocycles. The maximum Gasteiger partial charge on any atom is 0.0416 e. The molecule has 0 aliphatic rings. The van der Waals surface area contributed by atoms with Crippen molar-refractivity contribution in [2.45, 2.75) is 20.3 Å². The van der Waals surface area contributed by atoms with E-state index < -0.39 is 0 Å². The molecule has 0 heterocycles. The Morgan fingerprint density at radius 1 is 1.00 bits per heavy atom. The van der Waals surface area contributed by atoms with Crippen LogP contribution in [0, 0.1) is 6.92 Å². The minimum absolute atomic E-state index is 1.05. The van der Waals surface area contributed by atoms with Gasteiger partial charge in [0.2, 0.25) is 0 Å². The van der Waals surface area contributed by atoms with Crippen molar-refractivity contribution in [2.75, 3.05) is 5.32 Å². The third kappa shape index (κ3) is 2.43. The fourth-order valence-corrected chi connectivity index (χ4v) is 1.83. The summed E-state index contributed by atoms with van der Waals surface area (Å²) >= 11 is 0. The second kappa shape index (κ2) is 4.84. The monoisotopic (exact) mass is 211 g/mol. The zero-order chi connectivity index (χ0) is 11.4. The highest BCUT2D eigenvalue weighted by atomic mass is 14.9. The van der Waals surface area contributed by atoms with Gasteiger partial charge in [0, 0.05) is 11.4 Å². The Morgan fingerprint density at radius 3 is 2.56 bits per heavy atom. The van der Waals surface area contributed by atoms with Gasteiger partial charge in [0.15, 0.2) is 0 Å². The van der Waals surface area contributed by atoms with Crippen LogP contribution in [0.2, 0.25) is 0 Å². The Morgan fingerprint density at radius 2 is 1.81 bits per heavy atom. The van der Waals surface area contributed by atoms with Gasteiger partial charge in [0.05, 0.1) is 0 Å². The van der Waals surface area contributed by atoms with Gasteiger partial charge < -0.3 is 5.32 Å². The summed E-state index contributed by atoms with van der Waals surface area (Å²) in [6.45, 7) is 4.29. The molecule has 1 nitrogen and oxygen atoms in total. The van der Waals surface area contributed by atoms with Crippen molar-refractivity contribution in [3.05, 3.63) is 59.7 Å². The molecule has 0 spiro atoms. The number of aryl methyl sites for hydroxylation is 2. The lowest BCUT2D eigenvalue weighted by Gasteiger charge is -2.11. The number of benzene rings is 2. The molecule has 0 aliphatic carbocycles. The van der Waals surface area contributed by atoms with Crippen molar-refractivity contribution in [1.82, 2.24) is 0 Å². The highest BCUT2D eigenvalue weighted by Crippen LogP contribution is 2.21. The van der Waals surface area contributed by atoms with E-state index in [9.17, 15) is 0 Å². The van der Waals surface area contributed by atoms with E-state index in [0.717, 1.165) is 12.1 Å². The van der Waals surface area contributed by atoms with Crippen LogP contribution < -0.4 is 5.32 Å². The van der Waals surface area contributed by atoms with E-state index in [1.54, 1.807) is 0 Å². The topological polar surface area (TPSA) is 12.0 Å². The second-order valence-electron chi connectivity index (χ2n) is 4.01. The van der Waals surface area contributed by atoms with Gasteiger partial charge in [-0.25, -0.2) is 0 Å². The molecular formula is C15H17N. The quantitative estimate of drug-likeness (QED) is 0.798. The second-order valence-corrected chi connectivity index (χ2v) is 4.01. The molecular weight excluding hydrogens is 194 g/mol. The zero-order valence-corrected chi connectivity index (χ0v) is 9.83. The lowest BCUT2D eigenvalue weighted by molar-refractivity contribution is 1.14. The third-order valence-corrected chi connectivity index (χ3v) is 2.70. The Balaban J connectivity index is 2.26. The predicted molar refractivity (Wildman–Crippen MR) is 70.3 cm³/mol. The Labute approximate surface area is 97.1 Å². The fourth-order valence-electron chi connectivity index (χ4n) is 1.83. The molecule has 0 radical (unpaired) electrons. The minimum atomic E-state index is 1.05. The van der Waals surface area contributed by atoms with Gasteiger partial charge >= 0.3 is 0 Å². The average molecular weight is 211 g/mol. The molecule has 1 heteroatoms. The first kappa shape index (κ1) is 10.7. The molecule has 0 unspecified atom stereocenters. The number of para-hydroxylation sites is 1. The van der Waals surface area contributed by atoms with Crippen LogP contribution in [0.5, 0.6) is 0 Å². The van der Waals surface area contributed by atoms with Crippen molar-refractivity contribution in [3.8, 4) is 0 Å². The minimum Gasteiger partial charge on any atom is -0.355 e. The number of nitrogens with one attached hydrogen (secondary N) is 1. The standard InChI is InChI=1S/C15H17N/c1-3-13-8-4-5-10-15(13)16-14-9-6-7-12(2)11-14/h4-11,16H,3H2,1-2H3. The summed E-state index contributed by atoms with van der Waals surface area (Å²) in [6.07, 6.45) is 1.05. The van der Waals surface area contributed by atoms with Crippen molar-refractivity contribution in [2.24, 2.45) is 0 Å². The SMILES string of the molecule is CCc1ccccc1Nc1cccc(C)c1. The number of hydrogen-bond donors (Lipinski definition) is 1. The van der Waals surface area contributed by atoms with Crippen LogP contribution in [0.3, 0.4) is 0 Å². The van der Waals surface area contributed by atoms with Crippen molar-refractivity contribution in [1.29, 1.82) is 0 Å². The lowest BCUT2D eigenvalue weighted by atomic mass is 10.1. The predicted octanol–water partition coefficient (Wildman–Crippen LogP) is 4.30. The Hall–Kier alpha value is -1.76. The molecule has 16 heavy (non-hydrogen) atoms. The first-order valence-corrected chi connectivity index (χ1v) is 5.71. The van der Waals surface area contributed by atoms with E-state index >= 15 is 0 Å². The molecule has 2 aromatic rings. The summed E-state index contributed by atoms with van der Waals surface area (Å²) < 4.78 is 0. The van der Waals surface area contributed by atoms with E-state index in [0.29, 0.717) is 0 Å². The van der Waals surface area contributed by atoms with Gasteiger partial charge in [0.1, 0.15) is 0 Å². The lowest BCUT2D eigenvalue weighted by Crippen LogP contribution is -1.94. The van der Waals surface area contributed by atoms with Gasteiger partial charge in [0.25, 0.3) is 0 Å². The van der Waals surface area contributed by atoms with Crippen LogP contribution in [0.15, 0.2) is 48.5 Å². The molecule has 0 bridgehead atoms. The van der Waals surface area contributed by atoms with Gasteiger partial charge in [-0.15, -0.1) is 0 Å². The smallest absolute Gasteiger partial charge is 0.0416 e. The average Bonchev–Trinajstić information content (AvgIpc) is 2.30. The summed E-state index contributed by atoms with van der Waals surface area (Å²) in [6, 6.07) is 16.9. The van der Waals surface area contributed by atoms with E-state index in [2.05, 4.69) is 67.7 Å². The Bertz CT molecular complexity index is 474. The molecule has 82 valence electrons. The zero-order valence-electron chi connectivity index (χ0n) is 9.83. The summed E-state index contributed by atoms with van der Waals surface area (Å²) in [4.78, 5) is 0. The van der Waals surface area contributed by atoms with Crippen molar-refractivity contribution < 1.29 is 0 Å². The van der Waals surface area contributed by atoms with Crippen LogP contribution >= 0.6 is 0 Å². The summed E-state index contributed by atoms with van der Waals surface area (Å²) in [7, 11) is 0. The summed E-state index contributed by atoms with van der Waals surface area (Å²) in [5, 5.41) is 3.46. The van der Waals surface area contributed by atoms with Crippen LogP contribution in [-0.4, -0.2) is 0 Å². The maximum absolute atomic E-state index is 3.46. The van der Waals surface area contributed by atoms with Crippen molar-refractivity contribution >= 4 is 11.4 Å². The van der Waals surface area contributed by atoms with Gasteiger partial charge in [-0.1, -0.05) is 37.3 Å². The van der Waals surface area contributed by atoms with Gasteiger partial charge in [-0.2, -0.15) is 0 Å². The third-order valence-electron chi connectivity index (χ3n) is 2.70. The van der Waals surface area contributed by atoms with E-state index in [-0.39, 0.29) is 0 Å². The molecule has 1 N–H and O–H groups in total. The molecule has 0 fully saturated rings. The summed E-state index contributed by atoms with van der Waals surface area (Å²) in [5.41, 5.74) is 4.99. The summed E-state index contributed by atoms with van der Waals surface area (Å²) in [5.74, 6) is 0. The van der Waals surface area contributed by atoms with Crippen LogP contribution in [-0.2, 0) is 6.42 Å². The van der Waals surface area contributed by atoms with Crippen molar-refractivity contribution in [3.63, 3.8) is 0 Å². The Kier molecular flexibility index (Phi) is 3.25. The normalized spacial score (nSPS) is 10.1. The highest BCUT2D eigenvalue weighted by Gasteiger charge is 1.99. The maximum atomic E-state index is 3.46. The first-order valence-electron chi connectivity index (χ1n) is 5.71. The van der Waals surface area contributed by atoms with Gasteiger partial charge in [-0.3, -0.25) is 0 Å². The van der Waals surface area contributed by atoms with E-state index in [1.807, 2.05) is 0 Å². The van der Waals surface area contributed by atoms with Gasteiger partial charge in [-0.05, 0) is 42.7 Å². The first-order chi connectivity index (χ1) is 7.79. The fraction of sp³-hybridized carbons (Fsp3) is 0.200. The van der Waals surface area contributed by atoms with E-state index in [4.69, 9.17) is 0 Å².